The molecular formula is C20H26INO4. The highest BCUT2D eigenvalue weighted by Crippen LogP contribution is 2.39. The summed E-state index contributed by atoms with van der Waals surface area (Å²) in [6, 6.07) is 8.62. The molecule has 1 aromatic carbocycles. The van der Waals surface area contributed by atoms with Crippen molar-refractivity contribution in [3.8, 4) is 0 Å². The van der Waals surface area contributed by atoms with Gasteiger partial charge in [0.05, 0.1) is 0 Å². The van der Waals surface area contributed by atoms with E-state index in [0.29, 0.717) is 18.8 Å². The van der Waals surface area contributed by atoms with Gasteiger partial charge < -0.3 is 19.9 Å². The largest absolute Gasteiger partial charge is 0.459 e. The van der Waals surface area contributed by atoms with Crippen molar-refractivity contribution >= 4 is 28.5 Å². The van der Waals surface area contributed by atoms with Gasteiger partial charge in [-0.25, -0.2) is 0 Å². The number of allylic oxidation sites excluding steroid dienone is 1. The number of ether oxygens (including phenoxy) is 2. The summed E-state index contributed by atoms with van der Waals surface area (Å²) in [4.78, 5) is 12.5. The zero-order valence-electron chi connectivity index (χ0n) is 15.0. The van der Waals surface area contributed by atoms with E-state index in [0.717, 1.165) is 24.8 Å². The number of carbonyl (C=O) groups is 1. The van der Waals surface area contributed by atoms with Gasteiger partial charge in [0.1, 0.15) is 0 Å². The Morgan fingerprint density at radius 1 is 1.35 bits per heavy atom. The standard InChI is InChI=1S/C20H26INO4/c1-2-25-20-16(4-3-11-23)17(13-5-7-14(21)8-6-13)12-18(26-20)19(24)22-15-9-10-15/h5-8,12,15-17,20,23H,2-4,9-11H2,1H3,(H,22,24)/t16-,17+,20+/m0/s1. The predicted molar refractivity (Wildman–Crippen MR) is 107 cm³/mol. The highest BCUT2D eigenvalue weighted by molar-refractivity contribution is 14.1. The maximum Gasteiger partial charge on any atom is 0.286 e. The molecule has 1 aromatic rings. The number of hydrogen-bond donors (Lipinski definition) is 2. The minimum atomic E-state index is -0.485. The van der Waals surface area contributed by atoms with E-state index < -0.39 is 6.29 Å². The smallest absolute Gasteiger partial charge is 0.286 e. The summed E-state index contributed by atoms with van der Waals surface area (Å²) in [6.45, 7) is 2.57. The Hall–Kier alpha value is -1.12. The van der Waals surface area contributed by atoms with Crippen molar-refractivity contribution in [2.45, 2.75) is 50.9 Å². The van der Waals surface area contributed by atoms with Crippen molar-refractivity contribution < 1.29 is 19.4 Å². The second kappa shape index (κ2) is 9.19. The molecule has 1 aliphatic carbocycles. The Morgan fingerprint density at radius 2 is 2.08 bits per heavy atom. The maximum absolute atomic E-state index is 12.5. The first-order chi connectivity index (χ1) is 12.6. The molecule has 0 radical (unpaired) electrons. The second-order valence-electron chi connectivity index (χ2n) is 6.83. The van der Waals surface area contributed by atoms with Gasteiger partial charge >= 0.3 is 0 Å². The van der Waals surface area contributed by atoms with Gasteiger partial charge in [0.2, 0.25) is 6.29 Å². The summed E-state index contributed by atoms with van der Waals surface area (Å²) < 4.78 is 13.0. The van der Waals surface area contributed by atoms with Crippen LogP contribution < -0.4 is 5.32 Å². The third kappa shape index (κ3) is 4.98. The van der Waals surface area contributed by atoms with Crippen LogP contribution in [-0.4, -0.2) is 36.6 Å². The second-order valence-corrected chi connectivity index (χ2v) is 8.07. The third-order valence-corrected chi connectivity index (χ3v) is 5.52. The third-order valence-electron chi connectivity index (χ3n) is 4.80. The Labute approximate surface area is 168 Å². The fraction of sp³-hybridized carbons (Fsp3) is 0.550. The molecule has 0 bridgehead atoms. The molecule has 0 saturated heterocycles. The molecule has 3 atom stereocenters. The van der Waals surface area contributed by atoms with Crippen LogP contribution in [0.15, 0.2) is 36.1 Å². The molecule has 5 nitrogen and oxygen atoms in total. The van der Waals surface area contributed by atoms with E-state index in [2.05, 4.69) is 52.2 Å². The predicted octanol–water partition coefficient (Wildman–Crippen LogP) is 3.32. The number of amides is 1. The zero-order valence-corrected chi connectivity index (χ0v) is 17.1. The van der Waals surface area contributed by atoms with Crippen molar-refractivity contribution in [3.63, 3.8) is 0 Å². The molecule has 26 heavy (non-hydrogen) atoms. The summed E-state index contributed by atoms with van der Waals surface area (Å²) in [5, 5.41) is 12.3. The van der Waals surface area contributed by atoms with Gasteiger partial charge in [0.15, 0.2) is 5.76 Å². The average Bonchev–Trinajstić information content (AvgIpc) is 3.45. The highest BCUT2D eigenvalue weighted by atomic mass is 127. The molecule has 1 fully saturated rings. The lowest BCUT2D eigenvalue weighted by atomic mass is 9.80. The molecule has 0 spiro atoms. The van der Waals surface area contributed by atoms with Crippen LogP contribution in [-0.2, 0) is 14.3 Å². The highest BCUT2D eigenvalue weighted by Gasteiger charge is 2.38. The summed E-state index contributed by atoms with van der Waals surface area (Å²) in [7, 11) is 0. The van der Waals surface area contributed by atoms with E-state index in [4.69, 9.17) is 9.47 Å². The molecule has 142 valence electrons. The SMILES string of the molecule is CCO[C@@H]1OC(C(=O)NC2CC2)=C[C@H](c2ccc(I)cc2)[C@@H]1CCCO. The molecular weight excluding hydrogens is 445 g/mol. The number of hydrogen-bond acceptors (Lipinski definition) is 4. The van der Waals surface area contributed by atoms with E-state index >= 15 is 0 Å². The van der Waals surface area contributed by atoms with Gasteiger partial charge in [0, 0.05) is 34.7 Å². The van der Waals surface area contributed by atoms with Crippen LogP contribution in [0.2, 0.25) is 0 Å². The molecule has 1 heterocycles. The Morgan fingerprint density at radius 3 is 2.69 bits per heavy atom. The first kappa shape index (κ1) is 19.6. The summed E-state index contributed by atoms with van der Waals surface area (Å²) in [5.74, 6) is 0.260. The van der Waals surface area contributed by atoms with Crippen LogP contribution in [0.1, 0.15) is 44.1 Å². The van der Waals surface area contributed by atoms with Gasteiger partial charge in [-0.1, -0.05) is 12.1 Å². The lowest BCUT2D eigenvalue weighted by molar-refractivity contribution is -0.166. The summed E-state index contributed by atoms with van der Waals surface area (Å²) in [6.07, 6.45) is 4.96. The Kier molecular flexibility index (Phi) is 6.94. The molecule has 2 N–H and O–H groups in total. The maximum atomic E-state index is 12.5. The average molecular weight is 471 g/mol. The van der Waals surface area contributed by atoms with E-state index in [9.17, 15) is 9.90 Å². The van der Waals surface area contributed by atoms with E-state index in [-0.39, 0.29) is 30.4 Å². The monoisotopic (exact) mass is 471 g/mol. The fourth-order valence-corrected chi connectivity index (χ4v) is 3.67. The number of nitrogens with one attached hydrogen (secondary N) is 1. The van der Waals surface area contributed by atoms with Gasteiger partial charge in [0.25, 0.3) is 5.91 Å². The molecule has 3 rings (SSSR count). The van der Waals surface area contributed by atoms with Crippen LogP contribution in [0.4, 0.5) is 0 Å². The van der Waals surface area contributed by atoms with Crippen molar-refractivity contribution in [1.29, 1.82) is 0 Å². The first-order valence-electron chi connectivity index (χ1n) is 9.29. The minimum Gasteiger partial charge on any atom is -0.459 e. The number of aliphatic hydroxyl groups is 1. The lowest BCUT2D eigenvalue weighted by Crippen LogP contribution is -2.39. The van der Waals surface area contributed by atoms with E-state index in [1.54, 1.807) is 0 Å². The molecule has 1 saturated carbocycles. The number of rotatable bonds is 8. The van der Waals surface area contributed by atoms with Crippen molar-refractivity contribution in [3.05, 3.63) is 45.2 Å². The fourth-order valence-electron chi connectivity index (χ4n) is 3.31. The lowest BCUT2D eigenvalue weighted by Gasteiger charge is -2.37. The molecule has 1 aliphatic heterocycles. The topological polar surface area (TPSA) is 67.8 Å². The Bertz CT molecular complexity index is 642. The molecule has 0 aromatic heterocycles. The van der Waals surface area contributed by atoms with Crippen molar-refractivity contribution in [1.82, 2.24) is 5.32 Å². The molecule has 2 aliphatic rings. The Balaban J connectivity index is 1.90. The molecule has 0 unspecified atom stereocenters. The zero-order chi connectivity index (χ0) is 18.5. The van der Waals surface area contributed by atoms with Crippen LogP contribution >= 0.6 is 22.6 Å². The van der Waals surface area contributed by atoms with E-state index in [1.165, 1.54) is 3.57 Å². The number of aliphatic hydroxyl groups excluding tert-OH is 1. The number of halogens is 1. The van der Waals surface area contributed by atoms with Crippen molar-refractivity contribution in [2.75, 3.05) is 13.2 Å². The van der Waals surface area contributed by atoms with Crippen LogP contribution in [0.3, 0.4) is 0 Å². The molecule has 1 amide bonds. The summed E-state index contributed by atoms with van der Waals surface area (Å²) in [5.41, 5.74) is 1.14. The minimum absolute atomic E-state index is 0.0174. The number of benzene rings is 1. The van der Waals surface area contributed by atoms with Crippen LogP contribution in [0, 0.1) is 9.49 Å². The van der Waals surface area contributed by atoms with Gasteiger partial charge in [-0.05, 0) is 79.0 Å². The van der Waals surface area contributed by atoms with Gasteiger partial charge in [-0.3, -0.25) is 4.79 Å². The normalized spacial score (nSPS) is 25.3. The van der Waals surface area contributed by atoms with Crippen molar-refractivity contribution in [2.24, 2.45) is 5.92 Å². The quantitative estimate of drug-likeness (QED) is 0.571. The van der Waals surface area contributed by atoms with Crippen LogP contribution in [0.25, 0.3) is 0 Å². The van der Waals surface area contributed by atoms with Gasteiger partial charge in [-0.15, -0.1) is 0 Å². The molecule has 6 heteroatoms. The van der Waals surface area contributed by atoms with E-state index in [1.807, 2.05) is 13.0 Å². The number of carbonyl (C=O) groups excluding carboxylic acids is 1. The van der Waals surface area contributed by atoms with Gasteiger partial charge in [-0.2, -0.15) is 0 Å². The summed E-state index contributed by atoms with van der Waals surface area (Å²) >= 11 is 2.29. The van der Waals surface area contributed by atoms with Crippen LogP contribution in [0.5, 0.6) is 0 Å². The first-order valence-corrected chi connectivity index (χ1v) is 10.4.